The summed E-state index contributed by atoms with van der Waals surface area (Å²) < 4.78 is 0. The van der Waals surface area contributed by atoms with E-state index in [9.17, 15) is 0 Å². The minimum atomic E-state index is 0.465. The van der Waals surface area contributed by atoms with E-state index >= 15 is 0 Å². The molecule has 3 aromatic heterocycles. The Morgan fingerprint density at radius 3 is 2.70 bits per heavy atom. The van der Waals surface area contributed by atoms with Crippen molar-refractivity contribution in [1.82, 2.24) is 15.0 Å². The Morgan fingerprint density at radius 1 is 1.10 bits per heavy atom. The third-order valence-corrected chi connectivity index (χ3v) is 3.49. The van der Waals surface area contributed by atoms with Crippen LogP contribution in [-0.2, 0) is 0 Å². The van der Waals surface area contributed by atoms with Gasteiger partial charge in [-0.15, -0.1) is 0 Å². The van der Waals surface area contributed by atoms with Crippen molar-refractivity contribution in [3.63, 3.8) is 0 Å². The highest BCUT2D eigenvalue weighted by atomic mass is 14.9. The summed E-state index contributed by atoms with van der Waals surface area (Å²) in [6, 6.07) is 3.91. The predicted molar refractivity (Wildman–Crippen MR) is 81.1 cm³/mol. The third kappa shape index (κ3) is 1.84. The first-order valence-corrected chi connectivity index (χ1v) is 6.30. The number of aryl methyl sites for hydroxylation is 1. The van der Waals surface area contributed by atoms with Crippen LogP contribution in [0.5, 0.6) is 0 Å². The van der Waals surface area contributed by atoms with Crippen LogP contribution in [0.2, 0.25) is 0 Å². The second-order valence-electron chi connectivity index (χ2n) is 4.79. The maximum Gasteiger partial charge on any atom is 0.133 e. The Kier molecular flexibility index (Phi) is 2.75. The van der Waals surface area contributed by atoms with Crippen LogP contribution in [0.4, 0.5) is 11.5 Å². The standard InChI is InChI=1S/C15H15N5/c1-8-12(16)7-19-9(2)14(8)13-5-10-3-4-18-6-11(10)15(17)20-13/h3-7H,16H2,1-2H3,(H2,17,20). The zero-order chi connectivity index (χ0) is 14.3. The number of rotatable bonds is 1. The molecular weight excluding hydrogens is 250 g/mol. The molecule has 0 atom stereocenters. The maximum absolute atomic E-state index is 6.03. The molecule has 0 saturated heterocycles. The number of nitrogens with two attached hydrogens (primary N) is 2. The van der Waals surface area contributed by atoms with Crippen molar-refractivity contribution in [1.29, 1.82) is 0 Å². The van der Waals surface area contributed by atoms with E-state index in [4.69, 9.17) is 11.5 Å². The van der Waals surface area contributed by atoms with Gasteiger partial charge in [-0.2, -0.15) is 0 Å². The minimum absolute atomic E-state index is 0.465. The lowest BCUT2D eigenvalue weighted by molar-refractivity contribution is 1.17. The van der Waals surface area contributed by atoms with Gasteiger partial charge in [0.1, 0.15) is 5.82 Å². The molecule has 0 aliphatic carbocycles. The summed E-state index contributed by atoms with van der Waals surface area (Å²) in [5.41, 5.74) is 16.2. The summed E-state index contributed by atoms with van der Waals surface area (Å²) in [5, 5.41) is 1.85. The highest BCUT2D eigenvalue weighted by molar-refractivity contribution is 5.93. The van der Waals surface area contributed by atoms with E-state index < -0.39 is 0 Å². The van der Waals surface area contributed by atoms with Crippen LogP contribution in [0.1, 0.15) is 11.3 Å². The molecule has 0 bridgehead atoms. The minimum Gasteiger partial charge on any atom is -0.397 e. The van der Waals surface area contributed by atoms with Gasteiger partial charge in [0.05, 0.1) is 17.6 Å². The van der Waals surface area contributed by atoms with E-state index in [0.29, 0.717) is 11.5 Å². The highest BCUT2D eigenvalue weighted by Crippen LogP contribution is 2.31. The van der Waals surface area contributed by atoms with Gasteiger partial charge in [0.15, 0.2) is 0 Å². The fraction of sp³-hybridized carbons (Fsp3) is 0.133. The van der Waals surface area contributed by atoms with Crippen molar-refractivity contribution in [2.75, 3.05) is 11.5 Å². The molecule has 0 unspecified atom stereocenters. The lowest BCUT2D eigenvalue weighted by atomic mass is 10.0. The van der Waals surface area contributed by atoms with Crippen molar-refractivity contribution >= 4 is 22.3 Å². The first-order chi connectivity index (χ1) is 9.58. The summed E-state index contributed by atoms with van der Waals surface area (Å²) in [4.78, 5) is 12.9. The highest BCUT2D eigenvalue weighted by Gasteiger charge is 2.13. The average Bonchev–Trinajstić information content (AvgIpc) is 2.44. The van der Waals surface area contributed by atoms with E-state index in [-0.39, 0.29) is 0 Å². The first kappa shape index (κ1) is 12.3. The molecule has 0 aromatic carbocycles. The van der Waals surface area contributed by atoms with E-state index in [0.717, 1.165) is 33.3 Å². The van der Waals surface area contributed by atoms with Crippen molar-refractivity contribution in [2.45, 2.75) is 13.8 Å². The Balaban J connectivity index is 2.33. The van der Waals surface area contributed by atoms with Crippen molar-refractivity contribution in [2.24, 2.45) is 0 Å². The smallest absolute Gasteiger partial charge is 0.133 e. The fourth-order valence-corrected chi connectivity index (χ4v) is 2.36. The monoisotopic (exact) mass is 265 g/mol. The van der Waals surface area contributed by atoms with Crippen LogP contribution >= 0.6 is 0 Å². The number of pyridine rings is 3. The van der Waals surface area contributed by atoms with Gasteiger partial charge < -0.3 is 11.5 Å². The van der Waals surface area contributed by atoms with Gasteiger partial charge in [0.25, 0.3) is 0 Å². The summed E-state index contributed by atoms with van der Waals surface area (Å²) in [6.45, 7) is 3.91. The number of aromatic nitrogens is 3. The topological polar surface area (TPSA) is 90.7 Å². The van der Waals surface area contributed by atoms with Crippen molar-refractivity contribution < 1.29 is 0 Å². The van der Waals surface area contributed by atoms with Crippen molar-refractivity contribution in [3.8, 4) is 11.3 Å². The number of hydrogen-bond donors (Lipinski definition) is 2. The number of hydrogen-bond acceptors (Lipinski definition) is 5. The van der Waals surface area contributed by atoms with Gasteiger partial charge >= 0.3 is 0 Å². The largest absolute Gasteiger partial charge is 0.397 e. The number of anilines is 2. The molecule has 0 radical (unpaired) electrons. The molecule has 5 nitrogen and oxygen atoms in total. The van der Waals surface area contributed by atoms with Gasteiger partial charge in [0.2, 0.25) is 0 Å². The zero-order valence-corrected chi connectivity index (χ0v) is 11.4. The van der Waals surface area contributed by atoms with Gasteiger partial charge in [-0.1, -0.05) is 0 Å². The molecule has 100 valence electrons. The molecule has 0 amide bonds. The maximum atomic E-state index is 6.03. The average molecular weight is 265 g/mol. The number of nitrogen functional groups attached to an aromatic ring is 2. The van der Waals surface area contributed by atoms with Crippen LogP contribution in [0.15, 0.2) is 30.7 Å². The van der Waals surface area contributed by atoms with Crippen LogP contribution in [0.25, 0.3) is 22.0 Å². The second-order valence-corrected chi connectivity index (χ2v) is 4.79. The molecule has 3 aromatic rings. The first-order valence-electron chi connectivity index (χ1n) is 6.30. The molecular formula is C15H15N5. The number of fused-ring (bicyclic) bond motifs is 1. The van der Waals surface area contributed by atoms with E-state index in [1.807, 2.05) is 26.0 Å². The molecule has 4 N–H and O–H groups in total. The molecule has 20 heavy (non-hydrogen) atoms. The molecule has 0 aliphatic heterocycles. The lowest BCUT2D eigenvalue weighted by Gasteiger charge is -2.12. The molecule has 5 heteroatoms. The fourth-order valence-electron chi connectivity index (χ4n) is 2.36. The molecule has 3 rings (SSSR count). The SMILES string of the molecule is Cc1ncc(N)c(C)c1-c1cc2ccncc2c(N)n1. The molecule has 3 heterocycles. The van der Waals surface area contributed by atoms with E-state index in [1.165, 1.54) is 0 Å². The van der Waals surface area contributed by atoms with Crippen LogP contribution in [0.3, 0.4) is 0 Å². The van der Waals surface area contributed by atoms with Crippen LogP contribution in [-0.4, -0.2) is 15.0 Å². The Bertz CT molecular complexity index is 811. The Hall–Kier alpha value is -2.69. The van der Waals surface area contributed by atoms with Crippen LogP contribution < -0.4 is 11.5 Å². The molecule has 0 fully saturated rings. The Labute approximate surface area is 116 Å². The third-order valence-electron chi connectivity index (χ3n) is 3.49. The Morgan fingerprint density at radius 2 is 1.90 bits per heavy atom. The molecule has 0 aliphatic rings. The van der Waals surface area contributed by atoms with Crippen LogP contribution in [0, 0.1) is 13.8 Å². The van der Waals surface area contributed by atoms with E-state index in [1.54, 1.807) is 18.6 Å². The molecule has 0 spiro atoms. The second kappa shape index (κ2) is 4.45. The summed E-state index contributed by atoms with van der Waals surface area (Å²) in [7, 11) is 0. The summed E-state index contributed by atoms with van der Waals surface area (Å²) in [5.74, 6) is 0.465. The van der Waals surface area contributed by atoms with Gasteiger partial charge in [0, 0.05) is 29.0 Å². The van der Waals surface area contributed by atoms with Crippen molar-refractivity contribution in [3.05, 3.63) is 42.0 Å². The summed E-state index contributed by atoms with van der Waals surface area (Å²) >= 11 is 0. The zero-order valence-electron chi connectivity index (χ0n) is 11.4. The van der Waals surface area contributed by atoms with Gasteiger partial charge in [-0.3, -0.25) is 9.97 Å². The quantitative estimate of drug-likeness (QED) is 0.705. The van der Waals surface area contributed by atoms with E-state index in [2.05, 4.69) is 15.0 Å². The van der Waals surface area contributed by atoms with Gasteiger partial charge in [-0.05, 0) is 36.9 Å². The molecule has 0 saturated carbocycles. The van der Waals surface area contributed by atoms with Gasteiger partial charge in [-0.25, -0.2) is 4.98 Å². The predicted octanol–water partition coefficient (Wildman–Crippen LogP) is 2.47. The lowest BCUT2D eigenvalue weighted by Crippen LogP contribution is -2.01. The normalized spacial score (nSPS) is 10.9. The summed E-state index contributed by atoms with van der Waals surface area (Å²) in [6.07, 6.45) is 5.13. The number of nitrogens with zero attached hydrogens (tertiary/aromatic N) is 3.